The molecule has 0 radical (unpaired) electrons. The van der Waals surface area contributed by atoms with Gasteiger partial charge in [-0.3, -0.25) is 0 Å². The van der Waals surface area contributed by atoms with E-state index < -0.39 is 0 Å². The van der Waals surface area contributed by atoms with Crippen molar-refractivity contribution < 1.29 is 4.74 Å². The first-order valence-corrected chi connectivity index (χ1v) is 6.21. The quantitative estimate of drug-likeness (QED) is 0.570. The number of thiol groups is 1. The van der Waals surface area contributed by atoms with Crippen LogP contribution in [0.4, 0.5) is 0 Å². The maximum absolute atomic E-state index is 5.98. The van der Waals surface area contributed by atoms with E-state index in [1.54, 1.807) is 0 Å². The van der Waals surface area contributed by atoms with E-state index in [2.05, 4.69) is 53.2 Å². The van der Waals surface area contributed by atoms with Gasteiger partial charge in [0.1, 0.15) is 0 Å². The Balaban J connectivity index is 4.55. The fraction of sp³-hybridized carbons (Fsp3) is 0.857. The predicted octanol–water partition coefficient (Wildman–Crippen LogP) is 3.79. The van der Waals surface area contributed by atoms with Crippen LogP contribution in [0.3, 0.4) is 0 Å². The summed E-state index contributed by atoms with van der Waals surface area (Å²) in [6.45, 7) is 15.2. The monoisotopic (exact) mass is 242 g/mol. The third kappa shape index (κ3) is 4.80. The second-order valence-corrected chi connectivity index (χ2v) is 7.45. The van der Waals surface area contributed by atoms with Gasteiger partial charge in [-0.2, -0.15) is 12.6 Å². The second-order valence-electron chi connectivity index (χ2n) is 6.30. The Bertz CT molecular complexity index is 265. The molecule has 0 saturated heterocycles. The van der Waals surface area contributed by atoms with E-state index in [1.807, 2.05) is 13.8 Å². The molecule has 1 nitrogen and oxygen atoms in total. The number of terminal acetylenes is 1. The highest BCUT2D eigenvalue weighted by atomic mass is 32.1. The molecule has 0 amide bonds. The topological polar surface area (TPSA) is 9.23 Å². The highest BCUT2D eigenvalue weighted by molar-refractivity contribution is 7.81. The van der Waals surface area contributed by atoms with Crippen molar-refractivity contribution in [2.24, 2.45) is 11.3 Å². The Morgan fingerprint density at radius 3 is 1.94 bits per heavy atom. The third-order valence-corrected chi connectivity index (χ3v) is 3.69. The number of hydrogen-bond acceptors (Lipinski definition) is 2. The molecule has 1 atom stereocenters. The summed E-state index contributed by atoms with van der Waals surface area (Å²) in [5.41, 5.74) is -0.433. The van der Waals surface area contributed by atoms with Crippen molar-refractivity contribution in [1.29, 1.82) is 0 Å². The van der Waals surface area contributed by atoms with E-state index in [9.17, 15) is 0 Å². The summed E-state index contributed by atoms with van der Waals surface area (Å²) in [5.74, 6) is 3.08. The first-order valence-electron chi connectivity index (χ1n) is 5.76. The Labute approximate surface area is 107 Å². The molecular weight excluding hydrogens is 216 g/mol. The van der Waals surface area contributed by atoms with Crippen LogP contribution in [0.2, 0.25) is 0 Å². The van der Waals surface area contributed by atoms with Crippen LogP contribution in [0, 0.1) is 23.7 Å². The van der Waals surface area contributed by atoms with Crippen molar-refractivity contribution >= 4 is 12.6 Å². The molecular formula is C14H26OS. The van der Waals surface area contributed by atoms with Crippen LogP contribution >= 0.6 is 12.6 Å². The molecule has 0 aliphatic heterocycles. The van der Waals surface area contributed by atoms with Crippen molar-refractivity contribution in [2.45, 2.75) is 58.8 Å². The first kappa shape index (κ1) is 15.9. The molecule has 1 unspecified atom stereocenters. The predicted molar refractivity (Wildman–Crippen MR) is 74.9 cm³/mol. The van der Waals surface area contributed by atoms with Crippen LogP contribution in [0.5, 0.6) is 0 Å². The van der Waals surface area contributed by atoms with Crippen molar-refractivity contribution in [3.05, 3.63) is 0 Å². The molecule has 0 aromatic heterocycles. The molecule has 0 fully saturated rings. The maximum Gasteiger partial charge on any atom is 0.0665 e. The zero-order valence-corrected chi connectivity index (χ0v) is 12.6. The number of rotatable bonds is 5. The van der Waals surface area contributed by atoms with Gasteiger partial charge >= 0.3 is 0 Å². The van der Waals surface area contributed by atoms with E-state index in [0.717, 1.165) is 0 Å². The molecule has 0 saturated carbocycles. The minimum atomic E-state index is -0.223. The van der Waals surface area contributed by atoms with Gasteiger partial charge in [0.25, 0.3) is 0 Å². The lowest BCUT2D eigenvalue weighted by atomic mass is 9.82. The minimum Gasteiger partial charge on any atom is -0.374 e. The SMILES string of the molecule is C#CC(C)(C)COC(C)(C)C(C)C(C)(C)S. The van der Waals surface area contributed by atoms with E-state index in [1.165, 1.54) is 0 Å². The third-order valence-electron chi connectivity index (χ3n) is 3.30. The molecule has 0 N–H and O–H groups in total. The van der Waals surface area contributed by atoms with Gasteiger partial charge < -0.3 is 4.74 Å². The molecule has 0 aromatic rings. The Kier molecular flexibility index (Phi) is 4.98. The average Bonchev–Trinajstić information content (AvgIpc) is 2.13. The summed E-state index contributed by atoms with van der Waals surface area (Å²) in [7, 11) is 0. The van der Waals surface area contributed by atoms with Gasteiger partial charge in [0.2, 0.25) is 0 Å². The molecule has 0 spiro atoms. The van der Waals surface area contributed by atoms with Crippen molar-refractivity contribution in [3.63, 3.8) is 0 Å². The van der Waals surface area contributed by atoms with Gasteiger partial charge in [-0.25, -0.2) is 0 Å². The zero-order valence-electron chi connectivity index (χ0n) is 11.7. The largest absolute Gasteiger partial charge is 0.374 e. The van der Waals surface area contributed by atoms with Crippen LogP contribution < -0.4 is 0 Å². The lowest BCUT2D eigenvalue weighted by molar-refractivity contribution is -0.0816. The van der Waals surface area contributed by atoms with Gasteiger partial charge in [0.15, 0.2) is 0 Å². The number of ether oxygens (including phenoxy) is 1. The highest BCUT2D eigenvalue weighted by Crippen LogP contribution is 2.35. The number of hydrogen-bond donors (Lipinski definition) is 1. The first-order chi connectivity index (χ1) is 6.92. The minimum absolute atomic E-state index is 0.0657. The van der Waals surface area contributed by atoms with Crippen molar-refractivity contribution in [2.75, 3.05) is 6.61 Å². The Morgan fingerprint density at radius 1 is 1.19 bits per heavy atom. The van der Waals surface area contributed by atoms with Gasteiger partial charge in [-0.1, -0.05) is 26.7 Å². The molecule has 94 valence electrons. The van der Waals surface area contributed by atoms with Gasteiger partial charge in [0.05, 0.1) is 12.2 Å². The molecule has 2 heteroatoms. The van der Waals surface area contributed by atoms with Gasteiger partial charge in [-0.05, 0) is 33.6 Å². The summed E-state index contributed by atoms with van der Waals surface area (Å²) >= 11 is 4.61. The molecule has 0 bridgehead atoms. The standard InChI is InChI=1S/C14H26OS/c1-9-12(3,4)10-15-13(5,6)11(2)14(7,8)16/h1,11,16H,10H2,2-8H3. The van der Waals surface area contributed by atoms with Crippen LogP contribution in [0.1, 0.15) is 48.5 Å². The Hall–Kier alpha value is -0.130. The van der Waals surface area contributed by atoms with Gasteiger partial charge in [-0.15, -0.1) is 6.42 Å². The van der Waals surface area contributed by atoms with Crippen LogP contribution in [-0.2, 0) is 4.74 Å². The summed E-state index contributed by atoms with van der Waals surface area (Å²) in [4.78, 5) is 0. The van der Waals surface area contributed by atoms with E-state index in [0.29, 0.717) is 12.5 Å². The smallest absolute Gasteiger partial charge is 0.0665 e. The van der Waals surface area contributed by atoms with E-state index >= 15 is 0 Å². The molecule has 0 aromatic carbocycles. The van der Waals surface area contributed by atoms with Crippen molar-refractivity contribution in [3.8, 4) is 12.3 Å². The summed E-state index contributed by atoms with van der Waals surface area (Å²) in [6, 6.07) is 0. The second kappa shape index (κ2) is 5.02. The van der Waals surface area contributed by atoms with Crippen LogP contribution in [-0.4, -0.2) is 17.0 Å². The normalized spacial score (nSPS) is 15.7. The summed E-state index contributed by atoms with van der Waals surface area (Å²) < 4.78 is 5.92. The fourth-order valence-corrected chi connectivity index (χ4v) is 1.69. The van der Waals surface area contributed by atoms with Crippen LogP contribution in [0.25, 0.3) is 0 Å². The molecule has 0 rings (SSSR count). The fourth-order valence-electron chi connectivity index (χ4n) is 1.38. The van der Waals surface area contributed by atoms with Gasteiger partial charge in [0, 0.05) is 10.2 Å². The lowest BCUT2D eigenvalue weighted by Gasteiger charge is -2.41. The van der Waals surface area contributed by atoms with Crippen molar-refractivity contribution in [1.82, 2.24) is 0 Å². The maximum atomic E-state index is 5.98. The summed E-state index contributed by atoms with van der Waals surface area (Å²) in [5, 5.41) is 0. The van der Waals surface area contributed by atoms with E-state index in [4.69, 9.17) is 11.2 Å². The zero-order chi connectivity index (χ0) is 13.2. The van der Waals surface area contributed by atoms with E-state index in [-0.39, 0.29) is 15.8 Å². The molecule has 0 heterocycles. The molecule has 0 aliphatic carbocycles. The van der Waals surface area contributed by atoms with Crippen LogP contribution in [0.15, 0.2) is 0 Å². The summed E-state index contributed by atoms with van der Waals surface area (Å²) in [6.07, 6.45) is 5.45. The highest BCUT2D eigenvalue weighted by Gasteiger charge is 2.37. The Morgan fingerprint density at radius 2 is 1.62 bits per heavy atom. The molecule has 16 heavy (non-hydrogen) atoms. The average molecular weight is 242 g/mol. The molecule has 0 aliphatic rings. The lowest BCUT2D eigenvalue weighted by Crippen LogP contribution is -2.44.